The van der Waals surface area contributed by atoms with Crippen LogP contribution in [-0.2, 0) is 6.42 Å². The normalized spacial score (nSPS) is 10.1. The maximum absolute atomic E-state index is 2.25. The molecule has 0 radical (unpaired) electrons. The van der Waals surface area contributed by atoms with Crippen molar-refractivity contribution in [3.63, 3.8) is 0 Å². The van der Waals surface area contributed by atoms with Crippen LogP contribution in [0.25, 0.3) is 0 Å². The summed E-state index contributed by atoms with van der Waals surface area (Å²) in [5, 5.41) is 0. The predicted molar refractivity (Wildman–Crippen MR) is 54.3 cm³/mol. The van der Waals surface area contributed by atoms with E-state index in [-0.39, 0.29) is 0 Å². The van der Waals surface area contributed by atoms with Crippen molar-refractivity contribution in [2.45, 2.75) is 39.0 Å². The van der Waals surface area contributed by atoms with Gasteiger partial charge in [-0.2, -0.15) is 0 Å². The van der Waals surface area contributed by atoms with Gasteiger partial charge in [-0.25, -0.2) is 0 Å². The van der Waals surface area contributed by atoms with Gasteiger partial charge in [0, 0.05) is 0 Å². The molecule has 66 valence electrons. The van der Waals surface area contributed by atoms with Crippen molar-refractivity contribution < 1.29 is 0 Å². The average molecular weight is 163 g/mol. The second kappa shape index (κ2) is 5.82. The highest BCUT2D eigenvalue weighted by Crippen LogP contribution is 2.06. The van der Waals surface area contributed by atoms with Gasteiger partial charge < -0.3 is 0 Å². The SMILES string of the molecule is CCCCC[13CH2]c1ccccc1. The monoisotopic (exact) mass is 163 g/mol. The molecule has 0 heteroatoms. The first-order valence-corrected chi connectivity index (χ1v) is 4.97. The van der Waals surface area contributed by atoms with Gasteiger partial charge in [-0.1, -0.05) is 56.5 Å². The Kier molecular flexibility index (Phi) is 4.51. The molecule has 1 aromatic carbocycles. The summed E-state index contributed by atoms with van der Waals surface area (Å²) < 4.78 is 0. The van der Waals surface area contributed by atoms with Crippen molar-refractivity contribution in [1.82, 2.24) is 0 Å². The minimum absolute atomic E-state index is 1.25. The summed E-state index contributed by atoms with van der Waals surface area (Å²) in [6, 6.07) is 10.7. The molecular weight excluding hydrogens is 145 g/mol. The third-order valence-corrected chi connectivity index (χ3v) is 2.16. The van der Waals surface area contributed by atoms with Gasteiger partial charge in [0.2, 0.25) is 0 Å². The van der Waals surface area contributed by atoms with E-state index in [2.05, 4.69) is 37.3 Å². The first kappa shape index (κ1) is 9.31. The number of unbranched alkanes of at least 4 members (excludes halogenated alkanes) is 3. The number of benzene rings is 1. The molecule has 0 nitrogen and oxygen atoms in total. The van der Waals surface area contributed by atoms with Gasteiger partial charge in [-0.3, -0.25) is 0 Å². The van der Waals surface area contributed by atoms with E-state index in [1.165, 1.54) is 37.7 Å². The largest absolute Gasteiger partial charge is 0.0654 e. The molecule has 0 aliphatic heterocycles. The quantitative estimate of drug-likeness (QED) is 0.457. The molecule has 0 aliphatic rings. The highest BCUT2D eigenvalue weighted by atomic mass is 14.3. The van der Waals surface area contributed by atoms with Crippen molar-refractivity contribution >= 4 is 0 Å². The maximum atomic E-state index is 2.25. The molecule has 0 heterocycles. The van der Waals surface area contributed by atoms with Gasteiger partial charge in [-0.15, -0.1) is 0 Å². The lowest BCUT2D eigenvalue weighted by Crippen LogP contribution is -1.84. The van der Waals surface area contributed by atoms with E-state index in [1.54, 1.807) is 0 Å². The predicted octanol–water partition coefficient (Wildman–Crippen LogP) is 3.81. The van der Waals surface area contributed by atoms with Crippen LogP contribution < -0.4 is 0 Å². The Bertz CT molecular complexity index is 188. The second-order valence-corrected chi connectivity index (χ2v) is 3.30. The molecule has 0 fully saturated rings. The Hall–Kier alpha value is -0.780. The van der Waals surface area contributed by atoms with Gasteiger partial charge >= 0.3 is 0 Å². The van der Waals surface area contributed by atoms with Crippen LogP contribution in [0.2, 0.25) is 0 Å². The minimum atomic E-state index is 1.25. The lowest BCUT2D eigenvalue weighted by atomic mass is 10.2. The zero-order valence-electron chi connectivity index (χ0n) is 7.92. The zero-order valence-corrected chi connectivity index (χ0v) is 7.92. The smallest absolute Gasteiger partial charge is 0.0279 e. The second-order valence-electron chi connectivity index (χ2n) is 3.30. The molecule has 0 aliphatic carbocycles. The average Bonchev–Trinajstić information content (AvgIpc) is 2.14. The summed E-state index contributed by atoms with van der Waals surface area (Å²) in [5.41, 5.74) is 1.48. The lowest BCUT2D eigenvalue weighted by Gasteiger charge is -1.99. The fraction of sp³-hybridized carbons (Fsp3) is 0.500. The Labute approximate surface area is 75.6 Å². The van der Waals surface area contributed by atoms with E-state index in [0.717, 1.165) is 0 Å². The third-order valence-electron chi connectivity index (χ3n) is 2.16. The first-order valence-electron chi connectivity index (χ1n) is 4.97. The summed E-state index contributed by atoms with van der Waals surface area (Å²) in [7, 11) is 0. The highest BCUT2D eigenvalue weighted by molar-refractivity contribution is 5.14. The maximum Gasteiger partial charge on any atom is -0.0279 e. The van der Waals surface area contributed by atoms with E-state index in [4.69, 9.17) is 0 Å². The molecule has 0 bridgehead atoms. The molecule has 0 saturated heterocycles. The number of hydrogen-bond donors (Lipinski definition) is 0. The van der Waals surface area contributed by atoms with Gasteiger partial charge in [0.1, 0.15) is 0 Å². The minimum Gasteiger partial charge on any atom is -0.0654 e. The Balaban J connectivity index is 2.16. The number of aryl methyl sites for hydroxylation is 1. The van der Waals surface area contributed by atoms with Crippen LogP contribution in [0.3, 0.4) is 0 Å². The van der Waals surface area contributed by atoms with Crippen LogP contribution in [-0.4, -0.2) is 0 Å². The summed E-state index contributed by atoms with van der Waals surface area (Å²) in [6.07, 6.45) is 6.69. The van der Waals surface area contributed by atoms with Crippen molar-refractivity contribution in [2.24, 2.45) is 0 Å². The van der Waals surface area contributed by atoms with Crippen molar-refractivity contribution in [1.29, 1.82) is 0 Å². The molecular formula is C12H18. The first-order chi connectivity index (χ1) is 5.93. The zero-order chi connectivity index (χ0) is 8.65. The van der Waals surface area contributed by atoms with Crippen molar-refractivity contribution in [3.05, 3.63) is 35.9 Å². The van der Waals surface area contributed by atoms with Crippen molar-refractivity contribution in [3.8, 4) is 0 Å². The summed E-state index contributed by atoms with van der Waals surface area (Å²) in [4.78, 5) is 0. The van der Waals surface area contributed by atoms with E-state index in [1.807, 2.05) is 0 Å². The molecule has 0 atom stereocenters. The topological polar surface area (TPSA) is 0 Å². The van der Waals surface area contributed by atoms with E-state index < -0.39 is 0 Å². The molecule has 1 rings (SSSR count). The van der Waals surface area contributed by atoms with Crippen LogP contribution in [0.15, 0.2) is 30.3 Å². The summed E-state index contributed by atoms with van der Waals surface area (Å²) in [6.45, 7) is 2.25. The fourth-order valence-electron chi connectivity index (χ4n) is 1.40. The van der Waals surface area contributed by atoms with Crippen molar-refractivity contribution in [2.75, 3.05) is 0 Å². The van der Waals surface area contributed by atoms with E-state index in [9.17, 15) is 0 Å². The van der Waals surface area contributed by atoms with Crippen LogP contribution in [0.4, 0.5) is 0 Å². The van der Waals surface area contributed by atoms with Gasteiger partial charge in [0.05, 0.1) is 0 Å². The highest BCUT2D eigenvalue weighted by Gasteiger charge is 1.90. The van der Waals surface area contributed by atoms with Crippen LogP contribution in [0, 0.1) is 0 Å². The number of hydrogen-bond acceptors (Lipinski definition) is 0. The van der Waals surface area contributed by atoms with Gasteiger partial charge in [-0.05, 0) is 18.4 Å². The Morgan fingerprint density at radius 1 is 0.917 bits per heavy atom. The van der Waals surface area contributed by atoms with Gasteiger partial charge in [0.25, 0.3) is 0 Å². The molecule has 0 N–H and O–H groups in total. The Morgan fingerprint density at radius 3 is 2.33 bits per heavy atom. The van der Waals surface area contributed by atoms with Crippen LogP contribution in [0.5, 0.6) is 0 Å². The standard InChI is InChI=1S/C12H18/c1-2-3-4-6-9-12-10-7-5-8-11-12/h5,7-8,10-11H,2-4,6,9H2,1H3/i9+1. The third kappa shape index (κ3) is 3.56. The summed E-state index contributed by atoms with van der Waals surface area (Å²) >= 11 is 0. The number of rotatable bonds is 5. The lowest BCUT2D eigenvalue weighted by molar-refractivity contribution is 0.667. The molecule has 0 amide bonds. The molecule has 0 saturated carbocycles. The fourth-order valence-corrected chi connectivity index (χ4v) is 1.40. The van der Waals surface area contributed by atoms with Crippen LogP contribution >= 0.6 is 0 Å². The molecule has 0 aromatic heterocycles. The summed E-state index contributed by atoms with van der Waals surface area (Å²) in [5.74, 6) is 0. The van der Waals surface area contributed by atoms with E-state index in [0.29, 0.717) is 0 Å². The molecule has 12 heavy (non-hydrogen) atoms. The Morgan fingerprint density at radius 2 is 1.67 bits per heavy atom. The van der Waals surface area contributed by atoms with Gasteiger partial charge in [0.15, 0.2) is 0 Å². The van der Waals surface area contributed by atoms with E-state index >= 15 is 0 Å². The van der Waals surface area contributed by atoms with Crippen LogP contribution in [0.1, 0.15) is 38.2 Å². The molecule has 1 aromatic rings. The molecule has 0 unspecified atom stereocenters. The molecule has 0 spiro atoms.